The van der Waals surface area contributed by atoms with Gasteiger partial charge in [-0.3, -0.25) is 0 Å². The smallest absolute Gasteiger partial charge is 0.230 e. The van der Waals surface area contributed by atoms with Crippen LogP contribution < -0.4 is 5.73 Å². The molecule has 0 aliphatic heterocycles. The molecule has 0 aliphatic carbocycles. The maximum Gasteiger partial charge on any atom is 0.230 e. The van der Waals surface area contributed by atoms with Gasteiger partial charge in [-0.1, -0.05) is 45.4 Å². The molecule has 1 aromatic heterocycles. The number of benzene rings is 2. The molecule has 0 saturated heterocycles. The molecule has 0 radical (unpaired) electrons. The normalized spacial score (nSPS) is 10.8. The van der Waals surface area contributed by atoms with Gasteiger partial charge in [-0.15, -0.1) is 0 Å². The zero-order valence-electron chi connectivity index (χ0n) is 10.6. The standard InChI is InChI=1S/C15H9Br2FN2O/c16-9-4-1-3-8(7-9)12-14(20-21-15(12)19)10-5-2-6-11(18)13(10)17/h1-7H,19H2. The van der Waals surface area contributed by atoms with Crippen LogP contribution in [0.25, 0.3) is 22.4 Å². The highest BCUT2D eigenvalue weighted by molar-refractivity contribution is 9.10. The molecule has 1 heterocycles. The first-order valence-corrected chi connectivity index (χ1v) is 7.62. The van der Waals surface area contributed by atoms with Gasteiger partial charge in [-0.2, -0.15) is 0 Å². The molecule has 0 unspecified atom stereocenters. The zero-order chi connectivity index (χ0) is 15.0. The Hall–Kier alpha value is -1.66. The van der Waals surface area contributed by atoms with Crippen LogP contribution in [0.1, 0.15) is 0 Å². The number of nitrogen functional groups attached to an aromatic ring is 1. The Bertz CT molecular complexity index is 817. The van der Waals surface area contributed by atoms with Gasteiger partial charge in [0.1, 0.15) is 11.5 Å². The number of hydrogen-bond donors (Lipinski definition) is 1. The monoisotopic (exact) mass is 410 g/mol. The average molecular weight is 412 g/mol. The third kappa shape index (κ3) is 2.61. The van der Waals surface area contributed by atoms with Crippen molar-refractivity contribution in [1.82, 2.24) is 5.16 Å². The molecule has 0 spiro atoms. The number of nitrogens with two attached hydrogens (primary N) is 1. The third-order valence-electron chi connectivity index (χ3n) is 3.04. The molecule has 6 heteroatoms. The van der Waals surface area contributed by atoms with E-state index in [1.165, 1.54) is 6.07 Å². The van der Waals surface area contributed by atoms with Crippen LogP contribution in [0.3, 0.4) is 0 Å². The number of nitrogens with zero attached hydrogens (tertiary/aromatic N) is 1. The lowest BCUT2D eigenvalue weighted by atomic mass is 10.0. The molecule has 0 atom stereocenters. The molecule has 2 N–H and O–H groups in total. The Morgan fingerprint density at radius 1 is 1.10 bits per heavy atom. The van der Waals surface area contributed by atoms with Crippen molar-refractivity contribution in [3.63, 3.8) is 0 Å². The summed E-state index contributed by atoms with van der Waals surface area (Å²) in [6, 6.07) is 12.3. The molecule has 21 heavy (non-hydrogen) atoms. The van der Waals surface area contributed by atoms with E-state index in [1.807, 2.05) is 24.3 Å². The molecule has 0 amide bonds. The van der Waals surface area contributed by atoms with Crippen LogP contribution in [-0.4, -0.2) is 5.16 Å². The van der Waals surface area contributed by atoms with Gasteiger partial charge in [-0.05, 0) is 39.7 Å². The van der Waals surface area contributed by atoms with Crippen LogP contribution in [0.2, 0.25) is 0 Å². The number of aromatic nitrogens is 1. The van der Waals surface area contributed by atoms with Crippen molar-refractivity contribution >= 4 is 37.7 Å². The van der Waals surface area contributed by atoms with Gasteiger partial charge in [0, 0.05) is 10.0 Å². The highest BCUT2D eigenvalue weighted by Crippen LogP contribution is 2.40. The average Bonchev–Trinajstić information content (AvgIpc) is 2.83. The molecule has 3 rings (SSSR count). The van der Waals surface area contributed by atoms with Crippen molar-refractivity contribution in [2.45, 2.75) is 0 Å². The Morgan fingerprint density at radius 2 is 1.86 bits per heavy atom. The van der Waals surface area contributed by atoms with E-state index >= 15 is 0 Å². The highest BCUT2D eigenvalue weighted by Gasteiger charge is 2.20. The molecule has 106 valence electrons. The Morgan fingerprint density at radius 3 is 2.62 bits per heavy atom. The van der Waals surface area contributed by atoms with E-state index in [0.29, 0.717) is 21.3 Å². The maximum atomic E-state index is 13.7. The Kier molecular flexibility index (Phi) is 3.82. The zero-order valence-corrected chi connectivity index (χ0v) is 13.8. The van der Waals surface area contributed by atoms with Crippen molar-refractivity contribution in [3.8, 4) is 22.4 Å². The molecule has 0 aliphatic rings. The van der Waals surface area contributed by atoms with Crippen LogP contribution in [0.4, 0.5) is 10.3 Å². The summed E-state index contributed by atoms with van der Waals surface area (Å²) in [6.45, 7) is 0. The topological polar surface area (TPSA) is 52.0 Å². The predicted molar refractivity (Wildman–Crippen MR) is 87.1 cm³/mol. The number of rotatable bonds is 2. The molecule has 3 aromatic rings. The van der Waals surface area contributed by atoms with Crippen molar-refractivity contribution in [2.24, 2.45) is 0 Å². The summed E-state index contributed by atoms with van der Waals surface area (Å²) in [6.07, 6.45) is 0. The van der Waals surface area contributed by atoms with Crippen molar-refractivity contribution in [1.29, 1.82) is 0 Å². The van der Waals surface area contributed by atoms with Gasteiger partial charge in [0.05, 0.1) is 10.0 Å². The van der Waals surface area contributed by atoms with Gasteiger partial charge in [0.2, 0.25) is 5.88 Å². The Balaban J connectivity index is 2.24. The van der Waals surface area contributed by atoms with Gasteiger partial charge in [0.15, 0.2) is 0 Å². The second kappa shape index (κ2) is 5.61. The summed E-state index contributed by atoms with van der Waals surface area (Å²) in [5.74, 6) is -0.173. The summed E-state index contributed by atoms with van der Waals surface area (Å²) in [5.41, 5.74) is 8.46. The van der Waals surface area contributed by atoms with E-state index in [-0.39, 0.29) is 11.7 Å². The van der Waals surface area contributed by atoms with Crippen LogP contribution >= 0.6 is 31.9 Å². The molecule has 0 saturated carbocycles. The first-order chi connectivity index (χ1) is 10.1. The van der Waals surface area contributed by atoms with Crippen LogP contribution in [0.5, 0.6) is 0 Å². The largest absolute Gasteiger partial charge is 0.367 e. The van der Waals surface area contributed by atoms with E-state index in [0.717, 1.165) is 10.0 Å². The SMILES string of the molecule is Nc1onc(-c2cccc(F)c2Br)c1-c1cccc(Br)c1. The molecular weight excluding hydrogens is 403 g/mol. The maximum absolute atomic E-state index is 13.7. The van der Waals surface area contributed by atoms with Crippen LogP contribution in [-0.2, 0) is 0 Å². The second-order valence-electron chi connectivity index (χ2n) is 4.38. The molecule has 2 aromatic carbocycles. The fourth-order valence-corrected chi connectivity index (χ4v) is 2.95. The van der Waals surface area contributed by atoms with Crippen molar-refractivity contribution in [2.75, 3.05) is 5.73 Å². The number of halogens is 3. The molecular formula is C15H9Br2FN2O. The van der Waals surface area contributed by atoms with Gasteiger partial charge >= 0.3 is 0 Å². The molecule has 0 bridgehead atoms. The minimum atomic E-state index is -0.366. The Labute approximate surface area is 137 Å². The van der Waals surface area contributed by atoms with E-state index in [9.17, 15) is 4.39 Å². The van der Waals surface area contributed by atoms with E-state index in [1.54, 1.807) is 12.1 Å². The van der Waals surface area contributed by atoms with E-state index in [2.05, 4.69) is 37.0 Å². The minimum absolute atomic E-state index is 0.194. The number of hydrogen-bond acceptors (Lipinski definition) is 3. The lowest BCUT2D eigenvalue weighted by Crippen LogP contribution is -1.90. The minimum Gasteiger partial charge on any atom is -0.367 e. The van der Waals surface area contributed by atoms with E-state index < -0.39 is 0 Å². The summed E-state index contributed by atoms with van der Waals surface area (Å²) in [4.78, 5) is 0. The summed E-state index contributed by atoms with van der Waals surface area (Å²) in [7, 11) is 0. The first kappa shape index (κ1) is 14.3. The second-order valence-corrected chi connectivity index (χ2v) is 6.09. The fourth-order valence-electron chi connectivity index (χ4n) is 2.10. The van der Waals surface area contributed by atoms with Crippen molar-refractivity contribution < 1.29 is 8.91 Å². The summed E-state index contributed by atoms with van der Waals surface area (Å²) in [5, 5.41) is 3.98. The quantitative estimate of drug-likeness (QED) is 0.626. The predicted octanol–water partition coefficient (Wildman–Crippen LogP) is 5.25. The van der Waals surface area contributed by atoms with Gasteiger partial charge in [0.25, 0.3) is 0 Å². The van der Waals surface area contributed by atoms with Crippen molar-refractivity contribution in [3.05, 3.63) is 57.2 Å². The first-order valence-electron chi connectivity index (χ1n) is 6.03. The van der Waals surface area contributed by atoms with Crippen LogP contribution in [0, 0.1) is 5.82 Å². The summed E-state index contributed by atoms with van der Waals surface area (Å²) >= 11 is 6.66. The lowest BCUT2D eigenvalue weighted by Gasteiger charge is -2.06. The molecule has 3 nitrogen and oxygen atoms in total. The fraction of sp³-hybridized carbons (Fsp3) is 0. The van der Waals surface area contributed by atoms with Gasteiger partial charge in [-0.25, -0.2) is 4.39 Å². The lowest BCUT2D eigenvalue weighted by molar-refractivity contribution is 0.439. The van der Waals surface area contributed by atoms with Crippen LogP contribution in [0.15, 0.2) is 55.9 Å². The third-order valence-corrected chi connectivity index (χ3v) is 4.34. The highest BCUT2D eigenvalue weighted by atomic mass is 79.9. The van der Waals surface area contributed by atoms with E-state index in [4.69, 9.17) is 10.3 Å². The van der Waals surface area contributed by atoms with Gasteiger partial charge < -0.3 is 10.3 Å². The number of anilines is 1. The summed E-state index contributed by atoms with van der Waals surface area (Å²) < 4.78 is 20.1. The molecule has 0 fully saturated rings.